The van der Waals surface area contributed by atoms with E-state index in [-0.39, 0.29) is 5.97 Å². The molecule has 0 radical (unpaired) electrons. The van der Waals surface area contributed by atoms with Gasteiger partial charge in [-0.15, -0.1) is 0 Å². The number of nitrogens with two attached hydrogens (primary N) is 1. The second-order valence-corrected chi connectivity index (χ2v) is 4.79. The summed E-state index contributed by atoms with van der Waals surface area (Å²) < 4.78 is 5.09. The Morgan fingerprint density at radius 1 is 1.41 bits per heavy atom. The summed E-state index contributed by atoms with van der Waals surface area (Å²) in [5, 5.41) is 0. The molecule has 0 amide bonds. The predicted octanol–water partition coefficient (Wildman–Crippen LogP) is 2.16. The largest absolute Gasteiger partial charge is 0.464 e. The Hall–Kier alpha value is -1.00. The van der Waals surface area contributed by atoms with Crippen molar-refractivity contribution < 1.29 is 9.53 Å². The molecule has 1 rings (SSSR count). The first-order valence-electron chi connectivity index (χ1n) is 5.65. The molecule has 0 aliphatic carbocycles. The Morgan fingerprint density at radius 3 is 2.59 bits per heavy atom. The summed E-state index contributed by atoms with van der Waals surface area (Å²) in [6.45, 7) is 2.14. The lowest BCUT2D eigenvalue weighted by atomic mass is 9.88. The number of hydrogen-bond donors (Lipinski definition) is 1. The lowest BCUT2D eigenvalue weighted by Crippen LogP contribution is -2.46. The number of hydrogen-bond acceptors (Lipinski definition) is 4. The van der Waals surface area contributed by atoms with Gasteiger partial charge in [-0.05, 0) is 30.9 Å². The van der Waals surface area contributed by atoms with Crippen LogP contribution in [-0.2, 0) is 15.1 Å². The van der Waals surface area contributed by atoms with Crippen molar-refractivity contribution in [2.45, 2.75) is 18.9 Å². The van der Waals surface area contributed by atoms with Crippen LogP contribution in [0.4, 0.5) is 0 Å². The maximum atomic E-state index is 12.0. The van der Waals surface area contributed by atoms with Gasteiger partial charge in [0.25, 0.3) is 0 Å². The van der Waals surface area contributed by atoms with Crippen molar-refractivity contribution >= 4 is 17.7 Å². The average molecular weight is 253 g/mol. The molecular formula is C13H19NO2S. The molecular weight excluding hydrogens is 234 g/mol. The SMILES string of the molecule is CCOC(=O)C(N)(CCSC)c1ccccc1. The molecule has 0 aliphatic rings. The van der Waals surface area contributed by atoms with Gasteiger partial charge in [-0.25, -0.2) is 4.79 Å². The van der Waals surface area contributed by atoms with Crippen LogP contribution in [0, 0.1) is 0 Å². The van der Waals surface area contributed by atoms with Crippen LogP contribution in [0.1, 0.15) is 18.9 Å². The van der Waals surface area contributed by atoms with Crippen molar-refractivity contribution in [2.75, 3.05) is 18.6 Å². The van der Waals surface area contributed by atoms with E-state index in [0.29, 0.717) is 13.0 Å². The molecule has 3 nitrogen and oxygen atoms in total. The minimum absolute atomic E-state index is 0.347. The van der Waals surface area contributed by atoms with Crippen molar-refractivity contribution in [1.82, 2.24) is 0 Å². The summed E-state index contributed by atoms with van der Waals surface area (Å²) in [5.74, 6) is 0.477. The lowest BCUT2D eigenvalue weighted by Gasteiger charge is -2.27. The Morgan fingerprint density at radius 2 is 2.06 bits per heavy atom. The van der Waals surface area contributed by atoms with E-state index in [0.717, 1.165) is 11.3 Å². The van der Waals surface area contributed by atoms with Crippen molar-refractivity contribution in [3.8, 4) is 0 Å². The zero-order valence-electron chi connectivity index (χ0n) is 10.3. The normalized spacial score (nSPS) is 14.1. The summed E-state index contributed by atoms with van der Waals surface area (Å²) in [6, 6.07) is 9.42. The van der Waals surface area contributed by atoms with Crippen LogP contribution in [0.3, 0.4) is 0 Å². The third-order valence-electron chi connectivity index (χ3n) is 2.63. The second-order valence-electron chi connectivity index (χ2n) is 3.80. The number of esters is 1. The zero-order valence-corrected chi connectivity index (χ0v) is 11.1. The van der Waals surface area contributed by atoms with Crippen LogP contribution in [0.5, 0.6) is 0 Å². The van der Waals surface area contributed by atoms with Crippen molar-refractivity contribution in [2.24, 2.45) is 5.73 Å². The maximum absolute atomic E-state index is 12.0. The molecule has 17 heavy (non-hydrogen) atoms. The molecule has 0 aromatic heterocycles. The molecule has 2 N–H and O–H groups in total. The minimum Gasteiger partial charge on any atom is -0.464 e. The number of carbonyl (C=O) groups excluding carboxylic acids is 1. The monoisotopic (exact) mass is 253 g/mol. The maximum Gasteiger partial charge on any atom is 0.330 e. The van der Waals surface area contributed by atoms with Gasteiger partial charge in [0.15, 0.2) is 0 Å². The van der Waals surface area contributed by atoms with Gasteiger partial charge in [0, 0.05) is 0 Å². The second kappa shape index (κ2) is 6.67. The van der Waals surface area contributed by atoms with E-state index >= 15 is 0 Å². The van der Waals surface area contributed by atoms with Gasteiger partial charge in [0.1, 0.15) is 5.54 Å². The molecule has 1 aromatic carbocycles. The van der Waals surface area contributed by atoms with Gasteiger partial charge in [-0.1, -0.05) is 30.3 Å². The molecule has 0 heterocycles. The van der Waals surface area contributed by atoms with E-state index in [1.165, 1.54) is 0 Å². The van der Waals surface area contributed by atoms with Crippen LogP contribution < -0.4 is 5.73 Å². The highest BCUT2D eigenvalue weighted by atomic mass is 32.2. The van der Waals surface area contributed by atoms with Crippen molar-refractivity contribution in [3.05, 3.63) is 35.9 Å². The Balaban J connectivity index is 2.97. The summed E-state index contributed by atoms with van der Waals surface area (Å²) in [6.07, 6.45) is 2.58. The standard InChI is InChI=1S/C13H19NO2S/c1-3-16-12(15)13(14,9-10-17-2)11-7-5-4-6-8-11/h4-8H,3,9-10,14H2,1-2H3. The average Bonchev–Trinajstić information content (AvgIpc) is 2.37. The molecule has 0 bridgehead atoms. The smallest absolute Gasteiger partial charge is 0.330 e. The quantitative estimate of drug-likeness (QED) is 0.789. The Bertz CT molecular complexity index is 356. The first-order valence-corrected chi connectivity index (χ1v) is 7.05. The highest BCUT2D eigenvalue weighted by Gasteiger charge is 2.36. The number of carbonyl (C=O) groups is 1. The van der Waals surface area contributed by atoms with E-state index in [2.05, 4.69) is 0 Å². The molecule has 0 saturated heterocycles. The van der Waals surface area contributed by atoms with Crippen molar-refractivity contribution in [1.29, 1.82) is 0 Å². The zero-order chi connectivity index (χ0) is 12.7. The minimum atomic E-state index is -1.03. The summed E-state index contributed by atoms with van der Waals surface area (Å²) in [5.41, 5.74) is 6.03. The number of rotatable bonds is 6. The van der Waals surface area contributed by atoms with Crippen LogP contribution in [0.15, 0.2) is 30.3 Å². The fourth-order valence-corrected chi connectivity index (χ4v) is 2.15. The van der Waals surface area contributed by atoms with Gasteiger partial charge in [0.05, 0.1) is 6.61 Å². The molecule has 0 saturated carbocycles. The molecule has 94 valence electrons. The first kappa shape index (κ1) is 14.1. The van der Waals surface area contributed by atoms with Crippen molar-refractivity contribution in [3.63, 3.8) is 0 Å². The molecule has 0 aliphatic heterocycles. The molecule has 4 heteroatoms. The van der Waals surface area contributed by atoms with E-state index < -0.39 is 5.54 Å². The Labute approximate surface area is 107 Å². The number of benzene rings is 1. The predicted molar refractivity (Wildman–Crippen MR) is 71.9 cm³/mol. The lowest BCUT2D eigenvalue weighted by molar-refractivity contribution is -0.150. The fourth-order valence-electron chi connectivity index (χ4n) is 1.62. The topological polar surface area (TPSA) is 52.3 Å². The van der Waals surface area contributed by atoms with E-state index in [4.69, 9.17) is 10.5 Å². The number of thioether (sulfide) groups is 1. The highest BCUT2D eigenvalue weighted by molar-refractivity contribution is 7.98. The molecule has 1 aromatic rings. The van der Waals surface area contributed by atoms with Crippen LogP contribution in [0.25, 0.3) is 0 Å². The van der Waals surface area contributed by atoms with Gasteiger partial charge in [-0.3, -0.25) is 0 Å². The molecule has 1 unspecified atom stereocenters. The summed E-state index contributed by atoms with van der Waals surface area (Å²) in [7, 11) is 0. The first-order chi connectivity index (χ1) is 8.15. The summed E-state index contributed by atoms with van der Waals surface area (Å²) >= 11 is 1.67. The third kappa shape index (κ3) is 3.48. The molecule has 0 spiro atoms. The highest BCUT2D eigenvalue weighted by Crippen LogP contribution is 2.25. The van der Waals surface area contributed by atoms with Gasteiger partial charge in [0.2, 0.25) is 0 Å². The Kier molecular flexibility index (Phi) is 5.51. The van der Waals surface area contributed by atoms with E-state index in [1.807, 2.05) is 36.6 Å². The molecule has 0 fully saturated rings. The van der Waals surface area contributed by atoms with Crippen LogP contribution in [0.2, 0.25) is 0 Å². The van der Waals surface area contributed by atoms with Gasteiger partial charge in [-0.2, -0.15) is 11.8 Å². The van der Waals surface area contributed by atoms with Gasteiger partial charge >= 0.3 is 5.97 Å². The summed E-state index contributed by atoms with van der Waals surface area (Å²) in [4.78, 5) is 12.0. The van der Waals surface area contributed by atoms with Crippen LogP contribution >= 0.6 is 11.8 Å². The number of ether oxygens (including phenoxy) is 1. The van der Waals surface area contributed by atoms with E-state index in [9.17, 15) is 4.79 Å². The van der Waals surface area contributed by atoms with Gasteiger partial charge < -0.3 is 10.5 Å². The third-order valence-corrected chi connectivity index (χ3v) is 3.24. The van der Waals surface area contributed by atoms with Crippen LogP contribution in [-0.4, -0.2) is 24.6 Å². The fraction of sp³-hybridized carbons (Fsp3) is 0.462. The van der Waals surface area contributed by atoms with E-state index in [1.54, 1.807) is 18.7 Å². The molecule has 1 atom stereocenters.